The van der Waals surface area contributed by atoms with Crippen molar-refractivity contribution in [3.05, 3.63) is 0 Å². The maximum Gasteiger partial charge on any atom is 0.461 e. The van der Waals surface area contributed by atoms with E-state index in [9.17, 15) is 38.4 Å². The fraction of sp³-hybridized carbons (Fsp3) is 0.429. The first-order chi connectivity index (χ1) is 14.1. The molecule has 30 heavy (non-hydrogen) atoms. The minimum atomic E-state index is -1.81. The second kappa shape index (κ2) is 9.47. The van der Waals surface area contributed by atoms with Crippen molar-refractivity contribution < 1.29 is 48.0 Å². The monoisotopic (exact) mass is 486 g/mol. The summed E-state index contributed by atoms with van der Waals surface area (Å²) in [5.41, 5.74) is 0. The predicted octanol–water partition coefficient (Wildman–Crippen LogP) is -1.06. The molecule has 2 fully saturated rings. The number of hydrogen-bond donors (Lipinski definition) is 0. The molecule has 14 nitrogen and oxygen atoms in total. The standard InChI is InChI=1S/C14H12BBrN4O10/c15-5-11(25)17(13(27)29-19-7(21)1-2-8(19)22)18(12(26)6-16)14(28)30-20-9(23)3-4-10(20)24/h1-6H2. The summed E-state index contributed by atoms with van der Waals surface area (Å²) < 4.78 is 0. The third-order valence-electron chi connectivity index (χ3n) is 3.66. The highest BCUT2D eigenvalue weighted by atomic mass is 79.9. The Morgan fingerprint density at radius 2 is 1.10 bits per heavy atom. The normalized spacial score (nSPS) is 16.0. The van der Waals surface area contributed by atoms with Crippen molar-refractivity contribution in [1.29, 1.82) is 0 Å². The van der Waals surface area contributed by atoms with Crippen LogP contribution in [0.25, 0.3) is 0 Å². The molecule has 2 radical (unpaired) electrons. The van der Waals surface area contributed by atoms with E-state index < -0.39 is 59.3 Å². The van der Waals surface area contributed by atoms with Crippen LogP contribution >= 0.6 is 15.9 Å². The molecule has 16 heteroatoms. The first-order valence-electron chi connectivity index (χ1n) is 8.19. The van der Waals surface area contributed by atoms with Crippen molar-refractivity contribution in [2.24, 2.45) is 0 Å². The van der Waals surface area contributed by atoms with E-state index in [1.54, 1.807) is 0 Å². The fourth-order valence-corrected chi connectivity index (χ4v) is 2.52. The SMILES string of the molecule is [B]CC(=O)N(C(=O)ON1C(=O)CCC1=O)N(C(=O)CBr)C(=O)ON1C(=O)CCC1=O. The van der Waals surface area contributed by atoms with Crippen LogP contribution in [0, 0.1) is 0 Å². The van der Waals surface area contributed by atoms with Crippen molar-refractivity contribution in [3.8, 4) is 0 Å². The number of imide groups is 4. The number of alkyl halides is 1. The van der Waals surface area contributed by atoms with Gasteiger partial charge in [0, 0.05) is 25.7 Å². The van der Waals surface area contributed by atoms with Crippen molar-refractivity contribution in [3.63, 3.8) is 0 Å². The number of hydroxylamine groups is 4. The molecular formula is C14H12BBrN4O10. The van der Waals surface area contributed by atoms with Gasteiger partial charge in [-0.1, -0.05) is 15.9 Å². The smallest absolute Gasteiger partial charge is 0.309 e. The van der Waals surface area contributed by atoms with E-state index in [4.69, 9.17) is 7.85 Å². The number of rotatable bonds is 4. The van der Waals surface area contributed by atoms with Gasteiger partial charge in [0.1, 0.15) is 0 Å². The Kier molecular flexibility index (Phi) is 7.26. The second-order valence-electron chi connectivity index (χ2n) is 5.63. The predicted molar refractivity (Wildman–Crippen MR) is 93.2 cm³/mol. The van der Waals surface area contributed by atoms with E-state index in [1.807, 2.05) is 0 Å². The average Bonchev–Trinajstić information content (AvgIpc) is 3.20. The Labute approximate surface area is 177 Å². The van der Waals surface area contributed by atoms with Gasteiger partial charge in [-0.05, 0) is 6.32 Å². The lowest BCUT2D eigenvalue weighted by atomic mass is 10.1. The highest BCUT2D eigenvalue weighted by molar-refractivity contribution is 9.09. The van der Waals surface area contributed by atoms with Crippen molar-refractivity contribution in [2.45, 2.75) is 32.0 Å². The second-order valence-corrected chi connectivity index (χ2v) is 6.19. The van der Waals surface area contributed by atoms with Gasteiger partial charge in [0.2, 0.25) is 5.91 Å². The summed E-state index contributed by atoms with van der Waals surface area (Å²) in [5.74, 6) is -6.23. The molecule has 0 atom stereocenters. The number of amides is 8. The van der Waals surface area contributed by atoms with E-state index in [0.717, 1.165) is 0 Å². The summed E-state index contributed by atoms with van der Waals surface area (Å²) in [6.45, 7) is 0. The van der Waals surface area contributed by atoms with Crippen molar-refractivity contribution >= 4 is 71.4 Å². The molecule has 0 N–H and O–H groups in total. The minimum Gasteiger partial charge on any atom is -0.309 e. The average molecular weight is 487 g/mol. The maximum atomic E-state index is 12.4. The molecular weight excluding hydrogens is 475 g/mol. The van der Waals surface area contributed by atoms with E-state index >= 15 is 0 Å². The maximum absolute atomic E-state index is 12.4. The first-order valence-corrected chi connectivity index (χ1v) is 9.31. The van der Waals surface area contributed by atoms with Crippen LogP contribution in [0.15, 0.2) is 0 Å². The van der Waals surface area contributed by atoms with Gasteiger partial charge < -0.3 is 9.68 Å². The fourth-order valence-electron chi connectivity index (χ4n) is 2.28. The highest BCUT2D eigenvalue weighted by Gasteiger charge is 2.43. The van der Waals surface area contributed by atoms with Crippen molar-refractivity contribution in [1.82, 2.24) is 20.1 Å². The molecule has 0 spiro atoms. The molecule has 0 saturated carbocycles. The Hall–Kier alpha value is -3.30. The summed E-state index contributed by atoms with van der Waals surface area (Å²) in [6, 6.07) is 0. The number of carbonyl (C=O) groups excluding carboxylic acids is 8. The van der Waals surface area contributed by atoms with Gasteiger partial charge in [-0.2, -0.15) is 0 Å². The van der Waals surface area contributed by atoms with Gasteiger partial charge in [0.25, 0.3) is 29.5 Å². The summed E-state index contributed by atoms with van der Waals surface area (Å²) in [7, 11) is 5.19. The van der Waals surface area contributed by atoms with Crippen LogP contribution in [-0.4, -0.2) is 81.0 Å². The number of halogens is 1. The third kappa shape index (κ3) is 4.64. The number of hydrazine groups is 1. The summed E-state index contributed by atoms with van der Waals surface area (Å²) in [5, 5.41) is -0.894. The lowest BCUT2D eigenvalue weighted by molar-refractivity contribution is -0.187. The molecule has 0 aliphatic carbocycles. The quantitative estimate of drug-likeness (QED) is 0.206. The Morgan fingerprint density at radius 3 is 1.40 bits per heavy atom. The summed E-state index contributed by atoms with van der Waals surface area (Å²) in [4.78, 5) is 105. The van der Waals surface area contributed by atoms with Gasteiger partial charge in [-0.3, -0.25) is 28.8 Å². The van der Waals surface area contributed by atoms with Crippen LogP contribution in [0.5, 0.6) is 0 Å². The molecule has 0 bridgehead atoms. The molecule has 2 heterocycles. The lowest BCUT2D eigenvalue weighted by Crippen LogP contribution is -2.58. The number of carbonyl (C=O) groups is 8. The van der Waals surface area contributed by atoms with Gasteiger partial charge in [-0.25, -0.2) is 9.59 Å². The number of nitrogens with zero attached hydrogens (tertiary/aromatic N) is 4. The van der Waals surface area contributed by atoms with Crippen LogP contribution < -0.4 is 0 Å². The third-order valence-corrected chi connectivity index (χ3v) is 4.14. The molecule has 0 aromatic carbocycles. The zero-order valence-electron chi connectivity index (χ0n) is 15.1. The molecule has 0 unspecified atom stereocenters. The van der Waals surface area contributed by atoms with E-state index in [2.05, 4.69) is 25.6 Å². The first kappa shape index (κ1) is 23.0. The van der Waals surface area contributed by atoms with E-state index in [0.29, 0.717) is 0 Å². The molecule has 2 aliphatic rings. The summed E-state index contributed by atoms with van der Waals surface area (Å²) in [6.07, 6.45) is -5.56. The Bertz CT molecular complexity index is 749. The highest BCUT2D eigenvalue weighted by Crippen LogP contribution is 2.18. The van der Waals surface area contributed by atoms with Gasteiger partial charge in [-0.15, -0.1) is 20.1 Å². The molecule has 158 valence electrons. The zero-order valence-corrected chi connectivity index (χ0v) is 16.7. The van der Waals surface area contributed by atoms with Gasteiger partial charge >= 0.3 is 12.2 Å². The van der Waals surface area contributed by atoms with Gasteiger partial charge in [0.05, 0.1) is 13.2 Å². The topological polar surface area (TPSA) is 168 Å². The van der Waals surface area contributed by atoms with Crippen LogP contribution in [0.1, 0.15) is 25.7 Å². The minimum absolute atomic E-state index is 0.0643. The summed E-state index contributed by atoms with van der Waals surface area (Å²) >= 11 is 2.73. The molecule has 2 aliphatic heterocycles. The Balaban J connectivity index is 2.32. The van der Waals surface area contributed by atoms with Crippen LogP contribution in [0.2, 0.25) is 6.32 Å². The molecule has 2 rings (SSSR count). The molecule has 0 aromatic heterocycles. The van der Waals surface area contributed by atoms with Crippen LogP contribution in [-0.2, 0) is 38.4 Å². The van der Waals surface area contributed by atoms with E-state index in [-0.39, 0.29) is 45.8 Å². The molecule has 8 amide bonds. The van der Waals surface area contributed by atoms with Gasteiger partial charge in [0.15, 0.2) is 0 Å². The Morgan fingerprint density at radius 1 is 0.767 bits per heavy atom. The van der Waals surface area contributed by atoms with Crippen LogP contribution in [0.4, 0.5) is 9.59 Å². The number of hydrogen-bond acceptors (Lipinski definition) is 10. The zero-order chi connectivity index (χ0) is 22.6. The lowest BCUT2D eigenvalue weighted by Gasteiger charge is -2.30. The van der Waals surface area contributed by atoms with Crippen LogP contribution in [0.3, 0.4) is 0 Å². The van der Waals surface area contributed by atoms with E-state index in [1.165, 1.54) is 0 Å². The molecule has 0 aromatic rings. The van der Waals surface area contributed by atoms with Crippen molar-refractivity contribution in [2.75, 3.05) is 5.33 Å². The largest absolute Gasteiger partial charge is 0.461 e. The molecule has 2 saturated heterocycles.